The number of benzene rings is 1. The average molecular weight is 272 g/mol. The molecule has 5 heteroatoms. The standard InChI is InChI=1S/C15H16N2O3/c18-13-9-11-6-5-10-3-1-2-4-12(10)15(11)16-17(13)8-7-14(19)20/h1-4,11H,5-9H2,(H,19,20)/t11-/m1/s1. The second-order valence-corrected chi connectivity index (χ2v) is 5.24. The van der Waals surface area contributed by atoms with Crippen LogP contribution in [0.3, 0.4) is 0 Å². The second-order valence-electron chi connectivity index (χ2n) is 5.24. The first-order valence-corrected chi connectivity index (χ1v) is 6.84. The Morgan fingerprint density at radius 1 is 1.40 bits per heavy atom. The lowest BCUT2D eigenvalue weighted by Crippen LogP contribution is -2.40. The number of amides is 1. The molecular formula is C15H16N2O3. The Morgan fingerprint density at radius 2 is 2.20 bits per heavy atom. The van der Waals surface area contributed by atoms with Crippen LogP contribution in [0, 0.1) is 5.92 Å². The Balaban J connectivity index is 1.92. The first-order chi connectivity index (χ1) is 9.65. The highest BCUT2D eigenvalue weighted by atomic mass is 16.4. The van der Waals surface area contributed by atoms with Crippen LogP contribution in [0.5, 0.6) is 0 Å². The number of hydrogen-bond acceptors (Lipinski definition) is 3. The van der Waals surface area contributed by atoms with Gasteiger partial charge in [-0.2, -0.15) is 5.10 Å². The van der Waals surface area contributed by atoms with Gasteiger partial charge in [-0.05, 0) is 18.4 Å². The highest BCUT2D eigenvalue weighted by molar-refractivity contribution is 6.07. The number of carbonyl (C=O) groups is 2. The molecule has 5 nitrogen and oxygen atoms in total. The maximum atomic E-state index is 12.0. The number of carboxylic acid groups (broad SMARTS) is 1. The fourth-order valence-electron chi connectivity index (χ4n) is 2.89. The molecule has 1 aromatic carbocycles. The van der Waals surface area contributed by atoms with Crippen molar-refractivity contribution in [3.05, 3.63) is 35.4 Å². The van der Waals surface area contributed by atoms with Gasteiger partial charge in [0.1, 0.15) is 0 Å². The normalized spacial score (nSPS) is 21.0. The smallest absolute Gasteiger partial charge is 0.305 e. The number of aliphatic carboxylic acids is 1. The van der Waals surface area contributed by atoms with Crippen LogP contribution in [-0.2, 0) is 16.0 Å². The predicted molar refractivity (Wildman–Crippen MR) is 73.4 cm³/mol. The Hall–Kier alpha value is -2.17. The summed E-state index contributed by atoms with van der Waals surface area (Å²) in [6.45, 7) is 0.145. The molecule has 1 amide bonds. The van der Waals surface area contributed by atoms with E-state index in [0.29, 0.717) is 6.42 Å². The largest absolute Gasteiger partial charge is 0.481 e. The van der Waals surface area contributed by atoms with Crippen LogP contribution in [0.1, 0.15) is 30.4 Å². The van der Waals surface area contributed by atoms with Crippen molar-refractivity contribution in [3.63, 3.8) is 0 Å². The molecule has 0 saturated carbocycles. The Morgan fingerprint density at radius 3 is 3.00 bits per heavy atom. The van der Waals surface area contributed by atoms with Gasteiger partial charge in [-0.3, -0.25) is 9.59 Å². The van der Waals surface area contributed by atoms with Crippen LogP contribution in [0.4, 0.5) is 0 Å². The van der Waals surface area contributed by atoms with Crippen molar-refractivity contribution in [2.24, 2.45) is 11.0 Å². The topological polar surface area (TPSA) is 70.0 Å². The Bertz CT molecular complexity index is 595. The zero-order valence-electron chi connectivity index (χ0n) is 11.1. The molecule has 1 heterocycles. The second kappa shape index (κ2) is 5.07. The van der Waals surface area contributed by atoms with Crippen molar-refractivity contribution in [1.29, 1.82) is 0 Å². The number of hydrogen-bond donors (Lipinski definition) is 1. The predicted octanol–water partition coefficient (Wildman–Crippen LogP) is 1.66. The summed E-state index contributed by atoms with van der Waals surface area (Å²) in [5.74, 6) is -0.804. The molecule has 0 saturated heterocycles. The van der Waals surface area contributed by atoms with Crippen molar-refractivity contribution >= 4 is 17.6 Å². The fraction of sp³-hybridized carbons (Fsp3) is 0.400. The van der Waals surface area contributed by atoms with Crippen LogP contribution in [-0.4, -0.2) is 34.2 Å². The van der Waals surface area contributed by atoms with E-state index < -0.39 is 5.97 Å². The monoisotopic (exact) mass is 272 g/mol. The Labute approximate surface area is 116 Å². The summed E-state index contributed by atoms with van der Waals surface area (Å²) >= 11 is 0. The van der Waals surface area contributed by atoms with Gasteiger partial charge in [-0.1, -0.05) is 24.3 Å². The molecule has 0 radical (unpaired) electrons. The SMILES string of the molecule is O=C(O)CCN1N=C2c3ccccc3CC[C@@H]2CC1=O. The van der Waals surface area contributed by atoms with E-state index in [1.165, 1.54) is 10.6 Å². The molecule has 2 aliphatic rings. The van der Waals surface area contributed by atoms with Gasteiger partial charge in [0.25, 0.3) is 0 Å². The number of aryl methyl sites for hydroxylation is 1. The van der Waals surface area contributed by atoms with Crippen molar-refractivity contribution < 1.29 is 14.7 Å². The van der Waals surface area contributed by atoms with Crippen LogP contribution in [0.2, 0.25) is 0 Å². The number of hydrazone groups is 1. The van der Waals surface area contributed by atoms with E-state index in [1.54, 1.807) is 0 Å². The highest BCUT2D eigenvalue weighted by Crippen LogP contribution is 2.31. The van der Waals surface area contributed by atoms with Gasteiger partial charge >= 0.3 is 5.97 Å². The molecule has 0 spiro atoms. The quantitative estimate of drug-likeness (QED) is 0.909. The van der Waals surface area contributed by atoms with Gasteiger partial charge < -0.3 is 5.11 Å². The maximum absolute atomic E-state index is 12.0. The number of carbonyl (C=O) groups excluding carboxylic acids is 1. The van der Waals surface area contributed by atoms with E-state index in [0.717, 1.165) is 24.1 Å². The van der Waals surface area contributed by atoms with E-state index in [2.05, 4.69) is 11.2 Å². The minimum absolute atomic E-state index is 0.0700. The van der Waals surface area contributed by atoms with Crippen molar-refractivity contribution in [3.8, 4) is 0 Å². The zero-order chi connectivity index (χ0) is 14.1. The minimum atomic E-state index is -0.913. The number of fused-ring (bicyclic) bond motifs is 3. The molecule has 1 aliphatic carbocycles. The summed E-state index contributed by atoms with van der Waals surface area (Å²) in [7, 11) is 0. The third-order valence-corrected chi connectivity index (χ3v) is 3.92. The minimum Gasteiger partial charge on any atom is -0.481 e. The van der Waals surface area contributed by atoms with Crippen LogP contribution in [0.15, 0.2) is 29.4 Å². The highest BCUT2D eigenvalue weighted by Gasteiger charge is 2.33. The first kappa shape index (κ1) is 12.8. The average Bonchev–Trinajstić information content (AvgIpc) is 2.44. The number of rotatable bonds is 3. The number of nitrogens with zero attached hydrogens (tertiary/aromatic N) is 2. The zero-order valence-corrected chi connectivity index (χ0v) is 11.1. The summed E-state index contributed by atoms with van der Waals surface area (Å²) in [5.41, 5.74) is 3.31. The molecule has 0 bridgehead atoms. The van der Waals surface area contributed by atoms with E-state index in [9.17, 15) is 9.59 Å². The van der Waals surface area contributed by atoms with Gasteiger partial charge in [-0.15, -0.1) is 0 Å². The summed E-state index contributed by atoms with van der Waals surface area (Å²) < 4.78 is 0. The molecule has 1 aromatic rings. The van der Waals surface area contributed by atoms with Crippen LogP contribution >= 0.6 is 0 Å². The van der Waals surface area contributed by atoms with Gasteiger partial charge in [0.05, 0.1) is 18.7 Å². The third kappa shape index (κ3) is 2.31. The van der Waals surface area contributed by atoms with E-state index in [4.69, 9.17) is 5.11 Å². The van der Waals surface area contributed by atoms with Gasteiger partial charge in [0.15, 0.2) is 0 Å². The summed E-state index contributed by atoms with van der Waals surface area (Å²) in [4.78, 5) is 22.6. The van der Waals surface area contributed by atoms with Gasteiger partial charge in [-0.25, -0.2) is 5.01 Å². The van der Waals surface area contributed by atoms with Gasteiger partial charge in [0, 0.05) is 17.9 Å². The van der Waals surface area contributed by atoms with Crippen molar-refractivity contribution in [1.82, 2.24) is 5.01 Å². The lowest BCUT2D eigenvalue weighted by molar-refractivity contribution is -0.139. The Kier molecular flexibility index (Phi) is 3.26. The fourth-order valence-corrected chi connectivity index (χ4v) is 2.89. The number of carboxylic acids is 1. The third-order valence-electron chi connectivity index (χ3n) is 3.92. The van der Waals surface area contributed by atoms with Crippen molar-refractivity contribution in [2.45, 2.75) is 25.7 Å². The van der Waals surface area contributed by atoms with Crippen molar-refractivity contribution in [2.75, 3.05) is 6.54 Å². The molecule has 0 unspecified atom stereocenters. The lowest BCUT2D eigenvalue weighted by atomic mass is 9.79. The molecule has 0 aromatic heterocycles. The molecular weight excluding hydrogens is 256 g/mol. The van der Waals surface area contributed by atoms with Gasteiger partial charge in [0.2, 0.25) is 5.91 Å². The molecule has 1 atom stereocenters. The molecule has 20 heavy (non-hydrogen) atoms. The van der Waals surface area contributed by atoms with E-state index >= 15 is 0 Å². The summed E-state index contributed by atoms with van der Waals surface area (Å²) in [5, 5.41) is 14.5. The maximum Gasteiger partial charge on any atom is 0.305 e. The van der Waals surface area contributed by atoms with Crippen LogP contribution < -0.4 is 0 Å². The lowest BCUT2D eigenvalue weighted by Gasteiger charge is -2.33. The molecule has 1 aliphatic heterocycles. The van der Waals surface area contributed by atoms with E-state index in [-0.39, 0.29) is 24.8 Å². The molecule has 1 N–H and O–H groups in total. The molecule has 104 valence electrons. The first-order valence-electron chi connectivity index (χ1n) is 6.84. The van der Waals surface area contributed by atoms with E-state index in [1.807, 2.05) is 18.2 Å². The molecule has 3 rings (SSSR count). The summed E-state index contributed by atoms with van der Waals surface area (Å²) in [6.07, 6.45) is 2.28. The summed E-state index contributed by atoms with van der Waals surface area (Å²) in [6, 6.07) is 8.11. The van der Waals surface area contributed by atoms with Crippen LogP contribution in [0.25, 0.3) is 0 Å². The molecule has 0 fully saturated rings.